The smallest absolute Gasteiger partial charge is 0.0124 e. The summed E-state index contributed by atoms with van der Waals surface area (Å²) in [5.41, 5.74) is 0. The molecule has 3 unspecified atom stereocenters. The fourth-order valence-corrected chi connectivity index (χ4v) is 3.86. The quantitative estimate of drug-likeness (QED) is 0.414. The van der Waals surface area contributed by atoms with Crippen molar-refractivity contribution in [2.75, 3.05) is 39.3 Å². The molecule has 3 atom stereocenters. The molecule has 0 aromatic heterocycles. The summed E-state index contributed by atoms with van der Waals surface area (Å²) in [6, 6.07) is 2.36. The van der Waals surface area contributed by atoms with Crippen LogP contribution >= 0.6 is 0 Å². The molecule has 0 fully saturated rings. The first-order valence-corrected chi connectivity index (χ1v) is 10.8. The van der Waals surface area contributed by atoms with E-state index in [0.29, 0.717) is 24.2 Å². The Hall–Kier alpha value is -0.160. The van der Waals surface area contributed by atoms with Crippen molar-refractivity contribution in [1.29, 1.82) is 0 Å². The standard InChI is InChI=1S/C21H48N4/c1-9-24(10-2)15-13-14-22-19(7)16-21(25(11-3)12-4)17-20(8)23-18(5)6/h18-23H,9-17H2,1-8H3. The van der Waals surface area contributed by atoms with Gasteiger partial charge in [-0.2, -0.15) is 0 Å². The fraction of sp³-hybridized carbons (Fsp3) is 1.00. The molecule has 0 radical (unpaired) electrons. The molecular weight excluding hydrogens is 308 g/mol. The summed E-state index contributed by atoms with van der Waals surface area (Å²) in [6.07, 6.45) is 3.70. The number of hydrogen-bond acceptors (Lipinski definition) is 4. The molecule has 0 saturated heterocycles. The van der Waals surface area contributed by atoms with E-state index < -0.39 is 0 Å². The fourth-order valence-electron chi connectivity index (χ4n) is 3.86. The van der Waals surface area contributed by atoms with Gasteiger partial charge in [0.2, 0.25) is 0 Å². The van der Waals surface area contributed by atoms with Crippen LogP contribution < -0.4 is 10.6 Å². The Bertz CT molecular complexity index is 288. The van der Waals surface area contributed by atoms with Crippen LogP contribution in [0.5, 0.6) is 0 Å². The zero-order valence-electron chi connectivity index (χ0n) is 18.6. The normalized spacial score (nSPS) is 16.0. The van der Waals surface area contributed by atoms with Gasteiger partial charge in [-0.15, -0.1) is 0 Å². The number of hydrogen-bond donors (Lipinski definition) is 2. The van der Waals surface area contributed by atoms with Crippen LogP contribution in [0.3, 0.4) is 0 Å². The molecule has 0 rings (SSSR count). The maximum Gasteiger partial charge on any atom is 0.0124 e. The Balaban J connectivity index is 4.37. The Labute approximate surface area is 159 Å². The monoisotopic (exact) mass is 356 g/mol. The first-order valence-electron chi connectivity index (χ1n) is 10.8. The van der Waals surface area contributed by atoms with Crippen LogP contribution in [0, 0.1) is 0 Å². The maximum atomic E-state index is 3.76. The molecule has 0 aliphatic heterocycles. The van der Waals surface area contributed by atoms with Crippen LogP contribution in [-0.2, 0) is 0 Å². The van der Waals surface area contributed by atoms with E-state index in [1.54, 1.807) is 0 Å². The largest absolute Gasteiger partial charge is 0.314 e. The van der Waals surface area contributed by atoms with E-state index in [-0.39, 0.29) is 0 Å². The van der Waals surface area contributed by atoms with Crippen molar-refractivity contribution in [2.24, 2.45) is 0 Å². The number of nitrogens with zero attached hydrogens (tertiary/aromatic N) is 2. The Kier molecular flexibility index (Phi) is 14.9. The van der Waals surface area contributed by atoms with Crippen molar-refractivity contribution in [3.05, 3.63) is 0 Å². The van der Waals surface area contributed by atoms with Crippen LogP contribution in [0.2, 0.25) is 0 Å². The topological polar surface area (TPSA) is 30.5 Å². The minimum Gasteiger partial charge on any atom is -0.314 e. The van der Waals surface area contributed by atoms with Gasteiger partial charge in [-0.3, -0.25) is 0 Å². The minimum absolute atomic E-state index is 0.558. The molecule has 0 bridgehead atoms. The van der Waals surface area contributed by atoms with Gasteiger partial charge in [-0.05, 0) is 72.4 Å². The third-order valence-electron chi connectivity index (χ3n) is 5.24. The van der Waals surface area contributed by atoms with Gasteiger partial charge in [0.1, 0.15) is 0 Å². The van der Waals surface area contributed by atoms with Gasteiger partial charge >= 0.3 is 0 Å². The average Bonchev–Trinajstić information content (AvgIpc) is 2.55. The first-order chi connectivity index (χ1) is 11.9. The van der Waals surface area contributed by atoms with Crippen molar-refractivity contribution in [3.8, 4) is 0 Å². The lowest BCUT2D eigenvalue weighted by Crippen LogP contribution is -2.45. The highest BCUT2D eigenvalue weighted by Gasteiger charge is 2.21. The number of rotatable bonds is 16. The van der Waals surface area contributed by atoms with E-state index in [4.69, 9.17) is 0 Å². The van der Waals surface area contributed by atoms with Gasteiger partial charge in [-0.1, -0.05) is 41.5 Å². The van der Waals surface area contributed by atoms with Crippen molar-refractivity contribution < 1.29 is 0 Å². The molecule has 0 spiro atoms. The molecule has 0 saturated carbocycles. The van der Waals surface area contributed by atoms with E-state index in [2.05, 4.69) is 75.8 Å². The summed E-state index contributed by atoms with van der Waals surface area (Å²) in [7, 11) is 0. The molecule has 0 aliphatic carbocycles. The lowest BCUT2D eigenvalue weighted by Gasteiger charge is -2.34. The van der Waals surface area contributed by atoms with Crippen molar-refractivity contribution in [1.82, 2.24) is 20.4 Å². The highest BCUT2D eigenvalue weighted by atomic mass is 15.2. The zero-order chi connectivity index (χ0) is 19.2. The number of nitrogens with one attached hydrogen (secondary N) is 2. The van der Waals surface area contributed by atoms with Gasteiger partial charge in [0.25, 0.3) is 0 Å². The van der Waals surface area contributed by atoms with E-state index in [1.807, 2.05) is 0 Å². The van der Waals surface area contributed by atoms with Crippen LogP contribution in [0.1, 0.15) is 74.7 Å². The van der Waals surface area contributed by atoms with Crippen LogP contribution in [0.4, 0.5) is 0 Å². The summed E-state index contributed by atoms with van der Waals surface area (Å²) in [5, 5.41) is 7.43. The summed E-state index contributed by atoms with van der Waals surface area (Å²) in [6.45, 7) is 25.2. The van der Waals surface area contributed by atoms with Gasteiger partial charge < -0.3 is 20.4 Å². The molecule has 0 amide bonds. The van der Waals surface area contributed by atoms with Gasteiger partial charge in [0.15, 0.2) is 0 Å². The summed E-state index contributed by atoms with van der Waals surface area (Å²) in [4.78, 5) is 5.14. The van der Waals surface area contributed by atoms with Crippen LogP contribution in [0.15, 0.2) is 0 Å². The third-order valence-corrected chi connectivity index (χ3v) is 5.24. The lowest BCUT2D eigenvalue weighted by atomic mass is 9.99. The van der Waals surface area contributed by atoms with Gasteiger partial charge in [-0.25, -0.2) is 0 Å². The minimum atomic E-state index is 0.558. The van der Waals surface area contributed by atoms with E-state index in [0.717, 1.165) is 32.7 Å². The van der Waals surface area contributed by atoms with E-state index in [1.165, 1.54) is 25.8 Å². The highest BCUT2D eigenvalue weighted by molar-refractivity contribution is 4.80. The van der Waals surface area contributed by atoms with Gasteiger partial charge in [0, 0.05) is 24.2 Å². The second-order valence-corrected chi connectivity index (χ2v) is 7.80. The van der Waals surface area contributed by atoms with Crippen LogP contribution in [-0.4, -0.2) is 73.2 Å². The Morgan fingerprint density at radius 3 is 1.80 bits per heavy atom. The Morgan fingerprint density at radius 1 is 0.760 bits per heavy atom. The van der Waals surface area contributed by atoms with Crippen molar-refractivity contribution in [3.63, 3.8) is 0 Å². The SMILES string of the molecule is CCN(CC)CCCNC(C)CC(CC(C)NC(C)C)N(CC)CC. The molecule has 0 heterocycles. The second kappa shape index (κ2) is 15.0. The molecular formula is C21H48N4. The van der Waals surface area contributed by atoms with E-state index >= 15 is 0 Å². The summed E-state index contributed by atoms with van der Waals surface area (Å²) in [5.74, 6) is 0. The predicted molar refractivity (Wildman–Crippen MR) is 114 cm³/mol. The summed E-state index contributed by atoms with van der Waals surface area (Å²) < 4.78 is 0. The lowest BCUT2D eigenvalue weighted by molar-refractivity contribution is 0.170. The zero-order valence-corrected chi connectivity index (χ0v) is 18.6. The Morgan fingerprint density at radius 2 is 1.32 bits per heavy atom. The molecule has 25 heavy (non-hydrogen) atoms. The first kappa shape index (κ1) is 24.8. The molecule has 152 valence electrons. The van der Waals surface area contributed by atoms with Gasteiger partial charge in [0.05, 0.1) is 0 Å². The summed E-state index contributed by atoms with van der Waals surface area (Å²) >= 11 is 0. The third kappa shape index (κ3) is 12.0. The van der Waals surface area contributed by atoms with E-state index in [9.17, 15) is 0 Å². The van der Waals surface area contributed by atoms with Crippen molar-refractivity contribution in [2.45, 2.75) is 98.8 Å². The predicted octanol–water partition coefficient (Wildman–Crippen LogP) is 3.57. The second-order valence-electron chi connectivity index (χ2n) is 7.80. The average molecular weight is 357 g/mol. The highest BCUT2D eigenvalue weighted by Crippen LogP contribution is 2.14. The maximum absolute atomic E-state index is 3.76. The molecule has 0 aromatic rings. The van der Waals surface area contributed by atoms with Crippen molar-refractivity contribution >= 4 is 0 Å². The molecule has 4 heteroatoms. The van der Waals surface area contributed by atoms with Crippen LogP contribution in [0.25, 0.3) is 0 Å². The molecule has 2 N–H and O–H groups in total. The molecule has 0 aliphatic rings. The molecule has 0 aromatic carbocycles. The molecule has 4 nitrogen and oxygen atoms in total.